The molecule has 0 bridgehead atoms. The van der Waals surface area contributed by atoms with E-state index in [1.54, 1.807) is 18.2 Å². The molecule has 0 aliphatic heterocycles. The summed E-state index contributed by atoms with van der Waals surface area (Å²) in [6.07, 6.45) is -2.57. The third-order valence-electron chi connectivity index (χ3n) is 4.30. The lowest BCUT2D eigenvalue weighted by Gasteiger charge is -2.09. The lowest BCUT2D eigenvalue weighted by Crippen LogP contribution is -2.14. The number of fused-ring (bicyclic) bond motifs is 1. The molecule has 28 heavy (non-hydrogen) atoms. The van der Waals surface area contributed by atoms with E-state index in [9.17, 15) is 18.0 Å². The first-order valence-electron chi connectivity index (χ1n) is 8.43. The molecule has 2 N–H and O–H groups in total. The van der Waals surface area contributed by atoms with E-state index in [1.165, 1.54) is 12.1 Å². The number of aromatic amines is 1. The van der Waals surface area contributed by atoms with Gasteiger partial charge in [0.15, 0.2) is 0 Å². The van der Waals surface area contributed by atoms with Crippen molar-refractivity contribution < 1.29 is 18.0 Å². The quantitative estimate of drug-likeness (QED) is 0.492. The number of anilines is 1. The lowest BCUT2D eigenvalue weighted by molar-refractivity contribution is -0.137. The van der Waals surface area contributed by atoms with Gasteiger partial charge in [-0.1, -0.05) is 12.1 Å². The van der Waals surface area contributed by atoms with Crippen LogP contribution in [-0.2, 0) is 6.18 Å². The number of halogens is 3. The zero-order chi connectivity index (χ0) is 19.7. The molecule has 2 aromatic heterocycles. The van der Waals surface area contributed by atoms with Crippen LogP contribution in [0, 0.1) is 0 Å². The predicted octanol–water partition coefficient (Wildman–Crippen LogP) is 5.50. The average Bonchev–Trinajstić information content (AvgIpc) is 3.15. The standard InChI is InChI=1S/C21H14F3N3O/c22-21(23,24)15-5-7-16(8-6-15)26-20(28)19-3-1-2-18(27-19)13-4-9-17-14(12-13)10-11-25-17/h1-12,25H,(H,26,28). The minimum Gasteiger partial charge on any atom is -0.361 e. The van der Waals surface area contributed by atoms with E-state index in [0.29, 0.717) is 5.69 Å². The van der Waals surface area contributed by atoms with E-state index < -0.39 is 17.6 Å². The lowest BCUT2D eigenvalue weighted by atomic mass is 10.1. The number of benzene rings is 2. The summed E-state index contributed by atoms with van der Waals surface area (Å²) in [5, 5.41) is 3.59. The van der Waals surface area contributed by atoms with Gasteiger partial charge >= 0.3 is 6.18 Å². The van der Waals surface area contributed by atoms with Gasteiger partial charge in [0.2, 0.25) is 0 Å². The van der Waals surface area contributed by atoms with E-state index in [4.69, 9.17) is 0 Å². The first-order chi connectivity index (χ1) is 13.4. The number of nitrogens with one attached hydrogen (secondary N) is 2. The third-order valence-corrected chi connectivity index (χ3v) is 4.30. The fourth-order valence-corrected chi connectivity index (χ4v) is 2.87. The van der Waals surface area contributed by atoms with Crippen molar-refractivity contribution in [3.63, 3.8) is 0 Å². The molecule has 2 aromatic carbocycles. The van der Waals surface area contributed by atoms with E-state index in [-0.39, 0.29) is 11.4 Å². The van der Waals surface area contributed by atoms with E-state index >= 15 is 0 Å². The zero-order valence-corrected chi connectivity index (χ0v) is 14.4. The van der Waals surface area contributed by atoms with Gasteiger partial charge in [-0.05, 0) is 54.6 Å². The molecule has 0 spiro atoms. The van der Waals surface area contributed by atoms with Crippen LogP contribution in [0.4, 0.5) is 18.9 Å². The number of hydrogen-bond acceptors (Lipinski definition) is 2. The number of carbonyl (C=O) groups is 1. The van der Waals surface area contributed by atoms with Crippen LogP contribution in [0.15, 0.2) is 72.9 Å². The van der Waals surface area contributed by atoms with Gasteiger partial charge < -0.3 is 10.3 Å². The molecule has 0 unspecified atom stereocenters. The van der Waals surface area contributed by atoms with Crippen LogP contribution in [0.2, 0.25) is 0 Å². The van der Waals surface area contributed by atoms with Crippen LogP contribution in [0.3, 0.4) is 0 Å². The number of amides is 1. The number of alkyl halides is 3. The Morgan fingerprint density at radius 2 is 1.75 bits per heavy atom. The Kier molecular flexibility index (Phi) is 4.35. The van der Waals surface area contributed by atoms with Crippen molar-refractivity contribution in [1.82, 2.24) is 9.97 Å². The minimum absolute atomic E-state index is 0.173. The fraction of sp³-hybridized carbons (Fsp3) is 0.0476. The van der Waals surface area contributed by atoms with Crippen LogP contribution in [0.5, 0.6) is 0 Å². The highest BCUT2D eigenvalue weighted by Crippen LogP contribution is 2.30. The number of carbonyl (C=O) groups excluding carboxylic acids is 1. The Morgan fingerprint density at radius 3 is 2.50 bits per heavy atom. The van der Waals surface area contributed by atoms with E-state index in [0.717, 1.165) is 28.6 Å². The number of rotatable bonds is 3. The molecule has 140 valence electrons. The fourth-order valence-electron chi connectivity index (χ4n) is 2.87. The van der Waals surface area contributed by atoms with Gasteiger partial charge in [0.1, 0.15) is 5.69 Å². The van der Waals surface area contributed by atoms with Crippen molar-refractivity contribution in [3.8, 4) is 11.3 Å². The Morgan fingerprint density at radius 1 is 0.964 bits per heavy atom. The van der Waals surface area contributed by atoms with Gasteiger partial charge in [0.05, 0.1) is 11.3 Å². The van der Waals surface area contributed by atoms with Gasteiger partial charge in [-0.2, -0.15) is 13.2 Å². The second-order valence-electron chi connectivity index (χ2n) is 6.22. The summed E-state index contributed by atoms with van der Waals surface area (Å²) in [5.74, 6) is -0.496. The molecule has 4 aromatic rings. The monoisotopic (exact) mass is 381 g/mol. The average molecular weight is 381 g/mol. The maximum absolute atomic E-state index is 12.6. The van der Waals surface area contributed by atoms with Crippen LogP contribution < -0.4 is 5.32 Å². The van der Waals surface area contributed by atoms with E-state index in [1.807, 2.05) is 30.5 Å². The highest BCUT2D eigenvalue weighted by Gasteiger charge is 2.30. The second kappa shape index (κ2) is 6.84. The van der Waals surface area contributed by atoms with Crippen molar-refractivity contribution in [1.29, 1.82) is 0 Å². The highest BCUT2D eigenvalue weighted by molar-refractivity contribution is 6.03. The molecule has 4 nitrogen and oxygen atoms in total. The first-order valence-corrected chi connectivity index (χ1v) is 8.43. The normalized spacial score (nSPS) is 11.5. The molecule has 2 heterocycles. The Balaban J connectivity index is 1.56. The molecular formula is C21H14F3N3O. The topological polar surface area (TPSA) is 57.8 Å². The Hall–Kier alpha value is -3.61. The van der Waals surface area contributed by atoms with Crippen molar-refractivity contribution in [3.05, 3.63) is 84.2 Å². The predicted molar refractivity (Wildman–Crippen MR) is 101 cm³/mol. The summed E-state index contributed by atoms with van der Waals surface area (Å²) in [6, 6.07) is 17.1. The molecule has 0 atom stereocenters. The smallest absolute Gasteiger partial charge is 0.361 e. The zero-order valence-electron chi connectivity index (χ0n) is 14.4. The molecule has 0 fully saturated rings. The van der Waals surface area contributed by atoms with Crippen molar-refractivity contribution in [2.45, 2.75) is 6.18 Å². The summed E-state index contributed by atoms with van der Waals surface area (Å²) >= 11 is 0. The van der Waals surface area contributed by atoms with Gasteiger partial charge in [-0.15, -0.1) is 0 Å². The van der Waals surface area contributed by atoms with Crippen molar-refractivity contribution >= 4 is 22.5 Å². The molecule has 0 aliphatic carbocycles. The summed E-state index contributed by atoms with van der Waals surface area (Å²) < 4.78 is 37.9. The van der Waals surface area contributed by atoms with Gasteiger partial charge in [0.25, 0.3) is 5.91 Å². The van der Waals surface area contributed by atoms with Gasteiger partial charge in [-0.3, -0.25) is 4.79 Å². The number of aromatic nitrogens is 2. The summed E-state index contributed by atoms with van der Waals surface area (Å²) in [4.78, 5) is 19.9. The van der Waals surface area contributed by atoms with Gasteiger partial charge in [-0.25, -0.2) is 4.98 Å². The first kappa shape index (κ1) is 17.8. The third kappa shape index (κ3) is 3.59. The summed E-state index contributed by atoms with van der Waals surface area (Å²) in [6.45, 7) is 0. The Bertz CT molecular complexity index is 1150. The largest absolute Gasteiger partial charge is 0.416 e. The second-order valence-corrected chi connectivity index (χ2v) is 6.22. The molecule has 0 radical (unpaired) electrons. The highest BCUT2D eigenvalue weighted by atomic mass is 19.4. The van der Waals surface area contributed by atoms with Crippen molar-refractivity contribution in [2.24, 2.45) is 0 Å². The maximum Gasteiger partial charge on any atom is 0.416 e. The molecule has 7 heteroatoms. The summed E-state index contributed by atoms with van der Waals surface area (Å²) in [7, 11) is 0. The van der Waals surface area contributed by atoms with Crippen LogP contribution >= 0.6 is 0 Å². The number of pyridine rings is 1. The summed E-state index contributed by atoms with van der Waals surface area (Å²) in [5.41, 5.74) is 2.15. The molecule has 0 saturated carbocycles. The molecule has 0 aliphatic rings. The van der Waals surface area contributed by atoms with Crippen molar-refractivity contribution in [2.75, 3.05) is 5.32 Å². The Labute approximate surface area is 158 Å². The molecule has 0 saturated heterocycles. The van der Waals surface area contributed by atoms with E-state index in [2.05, 4.69) is 15.3 Å². The van der Waals surface area contributed by atoms with Gasteiger partial charge in [0, 0.05) is 28.4 Å². The number of hydrogen-bond donors (Lipinski definition) is 2. The number of nitrogens with zero attached hydrogens (tertiary/aromatic N) is 1. The molecule has 4 rings (SSSR count). The maximum atomic E-state index is 12.6. The van der Waals surface area contributed by atoms with Crippen LogP contribution in [-0.4, -0.2) is 15.9 Å². The van der Waals surface area contributed by atoms with Crippen LogP contribution in [0.1, 0.15) is 16.1 Å². The molecular weight excluding hydrogens is 367 g/mol. The number of H-pyrrole nitrogens is 1. The minimum atomic E-state index is -4.42. The molecule has 1 amide bonds. The SMILES string of the molecule is O=C(Nc1ccc(C(F)(F)F)cc1)c1cccc(-c2ccc3[nH]ccc3c2)n1. The van der Waals surface area contributed by atoms with Crippen LogP contribution in [0.25, 0.3) is 22.2 Å².